The van der Waals surface area contributed by atoms with Gasteiger partial charge in [0, 0.05) is 5.54 Å². The normalized spacial score (nSPS) is 13.2. The fraction of sp³-hybridized carbons (Fsp3) is 0.500. The standard InChI is InChI=1S/C14H22N2O/c1-4-14(3,5-2)16-13(17)12(15)11-9-7-6-8-10-11/h6-10,12H,4-5,15H2,1-3H3,(H,16,17)/t12-/m1/s1. The Morgan fingerprint density at radius 1 is 1.29 bits per heavy atom. The molecule has 0 heterocycles. The van der Waals surface area contributed by atoms with E-state index in [0.29, 0.717) is 0 Å². The molecular formula is C14H22N2O. The van der Waals surface area contributed by atoms with Gasteiger partial charge in [-0.25, -0.2) is 0 Å². The minimum Gasteiger partial charge on any atom is -0.349 e. The molecule has 0 radical (unpaired) electrons. The van der Waals surface area contributed by atoms with E-state index in [1.807, 2.05) is 37.3 Å². The molecule has 0 aromatic heterocycles. The van der Waals surface area contributed by atoms with Crippen LogP contribution in [0.3, 0.4) is 0 Å². The Labute approximate surface area is 103 Å². The van der Waals surface area contributed by atoms with Gasteiger partial charge in [-0.2, -0.15) is 0 Å². The largest absolute Gasteiger partial charge is 0.349 e. The van der Waals surface area contributed by atoms with Crippen LogP contribution in [-0.4, -0.2) is 11.4 Å². The lowest BCUT2D eigenvalue weighted by molar-refractivity contribution is -0.124. The summed E-state index contributed by atoms with van der Waals surface area (Å²) in [5.74, 6) is -0.109. The van der Waals surface area contributed by atoms with E-state index >= 15 is 0 Å². The topological polar surface area (TPSA) is 55.1 Å². The minimum atomic E-state index is -0.589. The molecule has 1 aromatic rings. The van der Waals surface area contributed by atoms with E-state index in [1.54, 1.807) is 0 Å². The van der Waals surface area contributed by atoms with Gasteiger partial charge in [0.05, 0.1) is 0 Å². The molecule has 1 amide bonds. The lowest BCUT2D eigenvalue weighted by atomic mass is 9.94. The molecular weight excluding hydrogens is 212 g/mol. The molecule has 94 valence electrons. The van der Waals surface area contributed by atoms with Gasteiger partial charge >= 0.3 is 0 Å². The zero-order chi connectivity index (χ0) is 12.9. The molecule has 17 heavy (non-hydrogen) atoms. The predicted molar refractivity (Wildman–Crippen MR) is 70.5 cm³/mol. The molecule has 0 aliphatic carbocycles. The number of hydrogen-bond acceptors (Lipinski definition) is 2. The van der Waals surface area contributed by atoms with Gasteiger partial charge in [0.1, 0.15) is 6.04 Å². The van der Waals surface area contributed by atoms with Crippen LogP contribution in [0, 0.1) is 0 Å². The second-order valence-corrected chi connectivity index (χ2v) is 4.65. The summed E-state index contributed by atoms with van der Waals surface area (Å²) in [4.78, 5) is 12.0. The highest BCUT2D eigenvalue weighted by Crippen LogP contribution is 2.16. The van der Waals surface area contributed by atoms with Crippen molar-refractivity contribution in [2.75, 3.05) is 0 Å². The summed E-state index contributed by atoms with van der Waals surface area (Å²) in [6, 6.07) is 8.85. The number of hydrogen-bond donors (Lipinski definition) is 2. The second kappa shape index (κ2) is 5.82. The molecule has 1 rings (SSSR count). The van der Waals surface area contributed by atoms with Gasteiger partial charge in [-0.15, -0.1) is 0 Å². The summed E-state index contributed by atoms with van der Waals surface area (Å²) in [5, 5.41) is 3.03. The number of amides is 1. The average Bonchev–Trinajstić information content (AvgIpc) is 2.38. The van der Waals surface area contributed by atoms with Crippen LogP contribution in [0.4, 0.5) is 0 Å². The van der Waals surface area contributed by atoms with E-state index in [9.17, 15) is 4.79 Å². The van der Waals surface area contributed by atoms with Crippen molar-refractivity contribution in [3.05, 3.63) is 35.9 Å². The zero-order valence-corrected chi connectivity index (χ0v) is 10.9. The predicted octanol–water partition coefficient (Wildman–Crippen LogP) is 2.38. The molecule has 0 saturated heterocycles. The van der Waals surface area contributed by atoms with Crippen molar-refractivity contribution in [3.8, 4) is 0 Å². The van der Waals surface area contributed by atoms with E-state index in [0.717, 1.165) is 18.4 Å². The van der Waals surface area contributed by atoms with Crippen molar-refractivity contribution < 1.29 is 4.79 Å². The summed E-state index contributed by atoms with van der Waals surface area (Å²) in [6.07, 6.45) is 1.80. The Morgan fingerprint density at radius 2 is 1.82 bits per heavy atom. The SMILES string of the molecule is CCC(C)(CC)NC(=O)[C@H](N)c1ccccc1. The van der Waals surface area contributed by atoms with Crippen LogP contribution in [0.25, 0.3) is 0 Å². The van der Waals surface area contributed by atoms with E-state index in [1.165, 1.54) is 0 Å². The first-order chi connectivity index (χ1) is 8.02. The maximum absolute atomic E-state index is 12.0. The molecule has 0 fully saturated rings. The fourth-order valence-corrected chi connectivity index (χ4v) is 1.61. The van der Waals surface area contributed by atoms with Gasteiger partial charge in [0.15, 0.2) is 0 Å². The molecule has 0 saturated carbocycles. The van der Waals surface area contributed by atoms with Crippen LogP contribution in [-0.2, 0) is 4.79 Å². The zero-order valence-electron chi connectivity index (χ0n) is 10.9. The maximum Gasteiger partial charge on any atom is 0.241 e. The summed E-state index contributed by atoms with van der Waals surface area (Å²) >= 11 is 0. The third kappa shape index (κ3) is 3.56. The molecule has 0 unspecified atom stereocenters. The quantitative estimate of drug-likeness (QED) is 0.822. The van der Waals surface area contributed by atoms with Crippen LogP contribution in [0.2, 0.25) is 0 Å². The highest BCUT2D eigenvalue weighted by molar-refractivity contribution is 5.83. The highest BCUT2D eigenvalue weighted by Gasteiger charge is 2.25. The van der Waals surface area contributed by atoms with Crippen LogP contribution in [0.1, 0.15) is 45.2 Å². The number of carbonyl (C=O) groups excluding carboxylic acids is 1. The van der Waals surface area contributed by atoms with Crippen molar-refractivity contribution in [3.63, 3.8) is 0 Å². The lowest BCUT2D eigenvalue weighted by Gasteiger charge is -2.29. The maximum atomic E-state index is 12.0. The van der Waals surface area contributed by atoms with Gasteiger partial charge in [-0.05, 0) is 25.3 Å². The number of nitrogens with one attached hydrogen (secondary N) is 1. The molecule has 1 atom stereocenters. The number of benzene rings is 1. The lowest BCUT2D eigenvalue weighted by Crippen LogP contribution is -2.48. The fourth-order valence-electron chi connectivity index (χ4n) is 1.61. The molecule has 0 spiro atoms. The number of nitrogens with two attached hydrogens (primary N) is 1. The molecule has 0 aliphatic rings. The van der Waals surface area contributed by atoms with E-state index in [4.69, 9.17) is 5.73 Å². The molecule has 3 heteroatoms. The summed E-state index contributed by atoms with van der Waals surface area (Å²) in [5.41, 5.74) is 6.63. The van der Waals surface area contributed by atoms with Crippen molar-refractivity contribution in [1.29, 1.82) is 0 Å². The van der Waals surface area contributed by atoms with Gasteiger partial charge < -0.3 is 11.1 Å². The molecule has 1 aromatic carbocycles. The average molecular weight is 234 g/mol. The Kier molecular flexibility index (Phi) is 4.70. The van der Waals surface area contributed by atoms with Crippen LogP contribution < -0.4 is 11.1 Å². The Morgan fingerprint density at radius 3 is 2.29 bits per heavy atom. The Bertz CT molecular complexity index is 358. The van der Waals surface area contributed by atoms with Crippen LogP contribution in [0.15, 0.2) is 30.3 Å². The monoisotopic (exact) mass is 234 g/mol. The number of carbonyl (C=O) groups is 1. The third-order valence-electron chi connectivity index (χ3n) is 3.43. The first-order valence-corrected chi connectivity index (χ1v) is 6.15. The molecule has 0 aliphatic heterocycles. The van der Waals surface area contributed by atoms with Crippen LogP contribution in [0.5, 0.6) is 0 Å². The second-order valence-electron chi connectivity index (χ2n) is 4.65. The van der Waals surface area contributed by atoms with Crippen molar-refractivity contribution in [2.24, 2.45) is 5.73 Å². The Balaban J connectivity index is 2.71. The van der Waals surface area contributed by atoms with E-state index < -0.39 is 6.04 Å². The number of rotatable bonds is 5. The van der Waals surface area contributed by atoms with Gasteiger partial charge in [-0.1, -0.05) is 44.2 Å². The minimum absolute atomic E-state index is 0.109. The summed E-state index contributed by atoms with van der Waals surface area (Å²) in [6.45, 7) is 6.18. The molecule has 0 bridgehead atoms. The van der Waals surface area contributed by atoms with E-state index in [2.05, 4.69) is 19.2 Å². The van der Waals surface area contributed by atoms with E-state index in [-0.39, 0.29) is 11.4 Å². The van der Waals surface area contributed by atoms with Gasteiger partial charge in [-0.3, -0.25) is 4.79 Å². The van der Waals surface area contributed by atoms with Crippen LogP contribution >= 0.6 is 0 Å². The van der Waals surface area contributed by atoms with Crippen molar-refractivity contribution in [1.82, 2.24) is 5.32 Å². The Hall–Kier alpha value is -1.35. The van der Waals surface area contributed by atoms with Gasteiger partial charge in [0.2, 0.25) is 5.91 Å². The summed E-state index contributed by atoms with van der Waals surface area (Å²) in [7, 11) is 0. The highest BCUT2D eigenvalue weighted by atomic mass is 16.2. The third-order valence-corrected chi connectivity index (χ3v) is 3.43. The van der Waals surface area contributed by atoms with Crippen molar-refractivity contribution in [2.45, 2.75) is 45.2 Å². The molecule has 3 N–H and O–H groups in total. The van der Waals surface area contributed by atoms with Gasteiger partial charge in [0.25, 0.3) is 0 Å². The first-order valence-electron chi connectivity index (χ1n) is 6.15. The van der Waals surface area contributed by atoms with Crippen molar-refractivity contribution >= 4 is 5.91 Å². The first kappa shape index (κ1) is 13.7. The molecule has 3 nitrogen and oxygen atoms in total. The smallest absolute Gasteiger partial charge is 0.241 e. The summed E-state index contributed by atoms with van der Waals surface area (Å²) < 4.78 is 0.